The van der Waals surface area contributed by atoms with E-state index < -0.39 is 7.14 Å². The Bertz CT molecular complexity index is 1840. The van der Waals surface area contributed by atoms with Crippen LogP contribution < -0.4 is 20.7 Å². The molecule has 2 aliphatic rings. The van der Waals surface area contributed by atoms with Crippen LogP contribution in [0.5, 0.6) is 11.5 Å². The summed E-state index contributed by atoms with van der Waals surface area (Å²) in [5.41, 5.74) is 6.46. The predicted octanol–water partition coefficient (Wildman–Crippen LogP) is 7.00. The molecule has 3 heterocycles. The molecule has 5 heteroatoms. The summed E-state index contributed by atoms with van der Waals surface area (Å²) in [5, 5.41) is 2.27. The molecule has 0 radical (unpaired) electrons. The molecule has 0 saturated heterocycles. The average Bonchev–Trinajstić information content (AvgIpc) is 3.01. The summed E-state index contributed by atoms with van der Waals surface area (Å²) < 4.78 is 21.4. The van der Waals surface area contributed by atoms with Crippen LogP contribution in [0.15, 0.2) is 134 Å². The van der Waals surface area contributed by atoms with Gasteiger partial charge in [0.05, 0.1) is 10.6 Å². The van der Waals surface area contributed by atoms with Crippen LogP contribution in [0.3, 0.4) is 0 Å². The molecule has 0 bridgehead atoms. The zero-order chi connectivity index (χ0) is 27.1. The van der Waals surface area contributed by atoms with E-state index in [1.165, 1.54) is 0 Å². The minimum Gasteiger partial charge on any atom is -0.456 e. The standard InChI is InChI=1S/C35H27N2O2P/c1-37-18-8-10-27(24-37)30-20-28(19-29(21-30)26-9-7-17-36-23-26)25-15-16-35-33(22-25)39-32-13-5-6-14-34(32)40(35,38)31-11-3-2-4-12-31/h2-17,19-24H,18H2,1H3. The number of hydrogen-bond donors (Lipinski definition) is 0. The van der Waals surface area contributed by atoms with E-state index in [9.17, 15) is 4.57 Å². The molecule has 1 unspecified atom stereocenters. The molecular weight excluding hydrogens is 511 g/mol. The highest BCUT2D eigenvalue weighted by Crippen LogP contribution is 2.52. The lowest BCUT2D eigenvalue weighted by atomic mass is 9.93. The van der Waals surface area contributed by atoms with E-state index in [1.807, 2.05) is 79.0 Å². The molecule has 0 N–H and O–H groups in total. The van der Waals surface area contributed by atoms with E-state index in [-0.39, 0.29) is 0 Å². The van der Waals surface area contributed by atoms with Crippen LogP contribution in [0, 0.1) is 0 Å². The van der Waals surface area contributed by atoms with Gasteiger partial charge in [0.25, 0.3) is 0 Å². The summed E-state index contributed by atoms with van der Waals surface area (Å²) in [7, 11) is -1.03. The Morgan fingerprint density at radius 1 is 0.725 bits per heavy atom. The number of hydrogen-bond acceptors (Lipinski definition) is 4. The minimum atomic E-state index is -3.11. The van der Waals surface area contributed by atoms with Gasteiger partial charge in [-0.3, -0.25) is 4.98 Å². The first-order chi connectivity index (χ1) is 19.6. The van der Waals surface area contributed by atoms with E-state index in [0.717, 1.165) is 55.8 Å². The van der Waals surface area contributed by atoms with Gasteiger partial charge in [-0.25, -0.2) is 0 Å². The number of pyridine rings is 1. The van der Waals surface area contributed by atoms with Gasteiger partial charge in [0, 0.05) is 43.1 Å². The van der Waals surface area contributed by atoms with Crippen molar-refractivity contribution in [1.82, 2.24) is 9.88 Å². The van der Waals surface area contributed by atoms with Gasteiger partial charge in [-0.15, -0.1) is 0 Å². The van der Waals surface area contributed by atoms with Gasteiger partial charge in [0.2, 0.25) is 0 Å². The zero-order valence-electron chi connectivity index (χ0n) is 22.1. The number of ether oxygens (including phenoxy) is 1. The lowest BCUT2D eigenvalue weighted by molar-refractivity contribution is 0.485. The molecule has 0 amide bonds. The van der Waals surface area contributed by atoms with Gasteiger partial charge >= 0.3 is 0 Å². The first-order valence-corrected chi connectivity index (χ1v) is 15.0. The van der Waals surface area contributed by atoms with Crippen molar-refractivity contribution in [3.63, 3.8) is 0 Å². The van der Waals surface area contributed by atoms with Crippen molar-refractivity contribution in [3.8, 4) is 33.8 Å². The van der Waals surface area contributed by atoms with Crippen LogP contribution in [0.1, 0.15) is 5.56 Å². The van der Waals surface area contributed by atoms with Gasteiger partial charge in [-0.1, -0.05) is 66.7 Å². The number of likely N-dealkylation sites (N-methyl/N-ethyl adjacent to an activating group) is 1. The fourth-order valence-electron chi connectivity index (χ4n) is 5.51. The zero-order valence-corrected chi connectivity index (χ0v) is 23.0. The number of aromatic nitrogens is 1. The minimum absolute atomic E-state index is 0.633. The molecule has 5 aromatic rings. The third-order valence-electron chi connectivity index (χ3n) is 7.49. The summed E-state index contributed by atoms with van der Waals surface area (Å²) in [6.07, 6.45) is 10.2. The van der Waals surface area contributed by atoms with Crippen molar-refractivity contribution in [1.29, 1.82) is 0 Å². The molecule has 0 saturated carbocycles. The Morgan fingerprint density at radius 3 is 2.27 bits per heavy atom. The fourth-order valence-corrected chi connectivity index (χ4v) is 8.35. The molecule has 1 aromatic heterocycles. The van der Waals surface area contributed by atoms with Crippen molar-refractivity contribution in [2.24, 2.45) is 0 Å². The summed E-state index contributed by atoms with van der Waals surface area (Å²) in [6.45, 7) is 0.893. The van der Waals surface area contributed by atoms with Crippen molar-refractivity contribution >= 4 is 28.6 Å². The molecular formula is C35H27N2O2P. The number of rotatable bonds is 4. The summed E-state index contributed by atoms with van der Waals surface area (Å²) >= 11 is 0. The normalized spacial score (nSPS) is 17.4. The van der Waals surface area contributed by atoms with Crippen molar-refractivity contribution in [3.05, 3.63) is 139 Å². The van der Waals surface area contributed by atoms with E-state index >= 15 is 0 Å². The SMILES string of the molecule is CN1C=C(c2cc(-c3cccnc3)cc(-c3ccc4c(c3)Oc3ccccc3P4(=O)c3ccccc3)c2)C=CC1. The second kappa shape index (κ2) is 9.82. The number of allylic oxidation sites excluding steroid dienone is 2. The predicted molar refractivity (Wildman–Crippen MR) is 164 cm³/mol. The molecule has 0 fully saturated rings. The van der Waals surface area contributed by atoms with Crippen molar-refractivity contribution < 1.29 is 9.30 Å². The van der Waals surface area contributed by atoms with Gasteiger partial charge in [-0.05, 0) is 76.4 Å². The van der Waals surface area contributed by atoms with E-state index in [2.05, 4.69) is 65.6 Å². The lowest BCUT2D eigenvalue weighted by Crippen LogP contribution is -2.30. The molecule has 194 valence electrons. The van der Waals surface area contributed by atoms with E-state index in [0.29, 0.717) is 11.5 Å². The fraction of sp³-hybridized carbons (Fsp3) is 0.0571. The van der Waals surface area contributed by atoms with Crippen molar-refractivity contribution in [2.45, 2.75) is 0 Å². The van der Waals surface area contributed by atoms with Gasteiger partial charge in [0.1, 0.15) is 11.5 Å². The smallest absolute Gasteiger partial charge is 0.178 e. The highest BCUT2D eigenvalue weighted by Gasteiger charge is 2.39. The maximum Gasteiger partial charge on any atom is 0.178 e. The number of para-hydroxylation sites is 1. The molecule has 40 heavy (non-hydrogen) atoms. The monoisotopic (exact) mass is 538 g/mol. The highest BCUT2D eigenvalue weighted by atomic mass is 31.2. The van der Waals surface area contributed by atoms with Gasteiger partial charge < -0.3 is 14.2 Å². The maximum atomic E-state index is 15.0. The Morgan fingerprint density at radius 2 is 1.48 bits per heavy atom. The van der Waals surface area contributed by atoms with Crippen LogP contribution in [-0.4, -0.2) is 23.5 Å². The number of fused-ring (bicyclic) bond motifs is 2. The van der Waals surface area contributed by atoms with E-state index in [4.69, 9.17) is 4.74 Å². The van der Waals surface area contributed by atoms with E-state index in [1.54, 1.807) is 6.20 Å². The summed E-state index contributed by atoms with van der Waals surface area (Å²) in [4.78, 5) is 6.53. The quantitative estimate of drug-likeness (QED) is 0.227. The van der Waals surface area contributed by atoms with Crippen LogP contribution in [0.4, 0.5) is 0 Å². The third-order valence-corrected chi connectivity index (χ3v) is 10.6. The maximum absolute atomic E-state index is 15.0. The average molecular weight is 539 g/mol. The van der Waals surface area contributed by atoms with Gasteiger partial charge in [0.15, 0.2) is 7.14 Å². The Kier molecular flexibility index (Phi) is 5.99. The lowest BCUT2D eigenvalue weighted by Gasteiger charge is -2.29. The van der Waals surface area contributed by atoms with Gasteiger partial charge in [-0.2, -0.15) is 0 Å². The summed E-state index contributed by atoms with van der Waals surface area (Å²) in [6, 6.07) is 34.1. The molecule has 0 aliphatic carbocycles. The highest BCUT2D eigenvalue weighted by molar-refractivity contribution is 7.85. The Balaban J connectivity index is 1.40. The largest absolute Gasteiger partial charge is 0.456 e. The van der Waals surface area contributed by atoms with Crippen LogP contribution in [0.2, 0.25) is 0 Å². The second-order valence-corrected chi connectivity index (χ2v) is 12.9. The number of nitrogens with zero attached hydrogens (tertiary/aromatic N) is 2. The molecule has 4 aromatic carbocycles. The second-order valence-electron chi connectivity index (χ2n) is 10.2. The van der Waals surface area contributed by atoms with Crippen LogP contribution in [0.25, 0.3) is 27.8 Å². The molecule has 2 aliphatic heterocycles. The summed E-state index contributed by atoms with van der Waals surface area (Å²) in [5.74, 6) is 1.28. The van der Waals surface area contributed by atoms with Crippen LogP contribution in [-0.2, 0) is 4.57 Å². The first kappa shape index (κ1) is 24.4. The Hall–Kier alpha value is -4.66. The molecule has 7 rings (SSSR count). The molecule has 0 spiro atoms. The third kappa shape index (κ3) is 4.18. The molecule has 4 nitrogen and oxygen atoms in total. The first-order valence-electron chi connectivity index (χ1n) is 13.3. The topological polar surface area (TPSA) is 42.4 Å². The Labute approximate surface area is 234 Å². The number of benzene rings is 4. The van der Waals surface area contributed by atoms with Crippen LogP contribution >= 0.6 is 7.14 Å². The molecule has 1 atom stereocenters. The van der Waals surface area contributed by atoms with Crippen molar-refractivity contribution in [2.75, 3.05) is 13.6 Å².